The topological polar surface area (TPSA) is 59.6 Å². The Morgan fingerprint density at radius 2 is 1.71 bits per heavy atom. The summed E-state index contributed by atoms with van der Waals surface area (Å²) in [5.74, 6) is 1.49. The molecule has 0 fully saturated rings. The first-order valence-electron chi connectivity index (χ1n) is 11.6. The summed E-state index contributed by atoms with van der Waals surface area (Å²) in [5, 5.41) is 6.84. The lowest BCUT2D eigenvalue weighted by Gasteiger charge is -2.16. The van der Waals surface area contributed by atoms with Crippen molar-refractivity contribution in [1.82, 2.24) is 0 Å². The van der Waals surface area contributed by atoms with E-state index in [9.17, 15) is 4.79 Å². The summed E-state index contributed by atoms with van der Waals surface area (Å²) in [4.78, 5) is 12.1. The van der Waals surface area contributed by atoms with Gasteiger partial charge in [-0.15, -0.1) is 0 Å². The third-order valence-electron chi connectivity index (χ3n) is 5.11. The number of halogens is 1. The Hall–Kier alpha value is -3.18. The van der Waals surface area contributed by atoms with Gasteiger partial charge in [0.05, 0.1) is 11.6 Å². The molecule has 0 heterocycles. The maximum Gasteiger partial charge on any atom is 0.224 e. The lowest BCUT2D eigenvalue weighted by atomic mass is 10.1. The van der Waals surface area contributed by atoms with Crippen molar-refractivity contribution in [2.75, 3.05) is 17.2 Å². The monoisotopic (exact) mass is 480 g/mol. The number of hydrogen-bond acceptors (Lipinski definition) is 4. The fraction of sp³-hybridized carbons (Fsp3) is 0.321. The van der Waals surface area contributed by atoms with Gasteiger partial charge in [0.15, 0.2) is 11.5 Å². The van der Waals surface area contributed by atoms with Crippen LogP contribution in [-0.4, -0.2) is 12.5 Å². The first-order chi connectivity index (χ1) is 16.3. The summed E-state index contributed by atoms with van der Waals surface area (Å²) in [6, 6.07) is 19.7. The molecule has 6 heteroatoms. The van der Waals surface area contributed by atoms with Crippen LogP contribution in [0.3, 0.4) is 0 Å². The molecule has 0 aliphatic carbocycles. The van der Waals surface area contributed by atoms with Crippen molar-refractivity contribution in [3.8, 4) is 11.5 Å². The molecule has 2 N–H and O–H groups in total. The van der Waals surface area contributed by atoms with Gasteiger partial charge in [0.1, 0.15) is 6.61 Å². The molecule has 3 aromatic carbocycles. The molecule has 3 aromatic rings. The molecule has 0 saturated carbocycles. The standard InChI is InChI=1S/C28H33ClN2O3/c1-5-33-26-15-22(14-25(29)28(26)34-18-21-11-9-20(4)10-12-21)17-30-23-7-6-8-24(16-23)31-27(32)13-19(2)3/h6-12,14-16,19,30H,5,13,17-18H2,1-4H3,(H,31,32). The number of hydrogen-bond donors (Lipinski definition) is 2. The lowest BCUT2D eigenvalue weighted by molar-refractivity contribution is -0.116. The van der Waals surface area contributed by atoms with Crippen LogP contribution in [0, 0.1) is 12.8 Å². The number of carbonyl (C=O) groups is 1. The van der Waals surface area contributed by atoms with Crippen molar-refractivity contribution < 1.29 is 14.3 Å². The summed E-state index contributed by atoms with van der Waals surface area (Å²) in [7, 11) is 0. The van der Waals surface area contributed by atoms with Crippen molar-refractivity contribution >= 4 is 28.9 Å². The number of nitrogens with one attached hydrogen (secondary N) is 2. The smallest absolute Gasteiger partial charge is 0.224 e. The van der Waals surface area contributed by atoms with Crippen LogP contribution in [0.4, 0.5) is 11.4 Å². The van der Waals surface area contributed by atoms with Crippen LogP contribution in [0.1, 0.15) is 43.9 Å². The maximum atomic E-state index is 12.1. The highest BCUT2D eigenvalue weighted by molar-refractivity contribution is 6.32. The van der Waals surface area contributed by atoms with Crippen molar-refractivity contribution in [2.45, 2.75) is 47.3 Å². The molecule has 180 valence electrons. The van der Waals surface area contributed by atoms with Gasteiger partial charge in [-0.2, -0.15) is 0 Å². The van der Waals surface area contributed by atoms with Crippen molar-refractivity contribution in [1.29, 1.82) is 0 Å². The zero-order valence-electron chi connectivity index (χ0n) is 20.3. The van der Waals surface area contributed by atoms with Crippen LogP contribution in [0.2, 0.25) is 5.02 Å². The van der Waals surface area contributed by atoms with E-state index in [0.29, 0.717) is 48.6 Å². The molecule has 0 saturated heterocycles. The molecule has 0 spiro atoms. The van der Waals surface area contributed by atoms with E-state index in [0.717, 1.165) is 22.5 Å². The van der Waals surface area contributed by atoms with E-state index < -0.39 is 0 Å². The molecular formula is C28H33ClN2O3. The predicted molar refractivity (Wildman–Crippen MR) is 140 cm³/mol. The number of carbonyl (C=O) groups excluding carboxylic acids is 1. The number of aryl methyl sites for hydroxylation is 1. The van der Waals surface area contributed by atoms with Crippen LogP contribution >= 0.6 is 11.6 Å². The van der Waals surface area contributed by atoms with Gasteiger partial charge in [-0.3, -0.25) is 4.79 Å². The molecule has 1 amide bonds. The Bertz CT molecular complexity index is 1100. The minimum absolute atomic E-state index is 0.0153. The third-order valence-corrected chi connectivity index (χ3v) is 5.39. The highest BCUT2D eigenvalue weighted by Crippen LogP contribution is 2.37. The van der Waals surface area contributed by atoms with Gasteiger partial charge in [0.25, 0.3) is 0 Å². The number of amides is 1. The largest absolute Gasteiger partial charge is 0.490 e. The van der Waals surface area contributed by atoms with Gasteiger partial charge in [-0.05, 0) is 61.2 Å². The SMILES string of the molecule is CCOc1cc(CNc2cccc(NC(=O)CC(C)C)c2)cc(Cl)c1OCc1ccc(C)cc1. The van der Waals surface area contributed by atoms with Gasteiger partial charge in [0, 0.05) is 24.3 Å². The van der Waals surface area contributed by atoms with E-state index in [2.05, 4.69) is 29.7 Å². The van der Waals surface area contributed by atoms with Crippen LogP contribution in [-0.2, 0) is 17.9 Å². The molecular weight excluding hydrogens is 448 g/mol. The van der Waals surface area contributed by atoms with Gasteiger partial charge in [-0.1, -0.05) is 61.3 Å². The quantitative estimate of drug-likeness (QED) is 0.304. The van der Waals surface area contributed by atoms with E-state index in [4.69, 9.17) is 21.1 Å². The number of benzene rings is 3. The molecule has 0 unspecified atom stereocenters. The first-order valence-corrected chi connectivity index (χ1v) is 12.0. The number of rotatable bonds is 11. The van der Waals surface area contributed by atoms with Crippen molar-refractivity contribution in [2.24, 2.45) is 5.92 Å². The Morgan fingerprint density at radius 1 is 0.971 bits per heavy atom. The summed E-state index contributed by atoms with van der Waals surface area (Å²) < 4.78 is 11.9. The number of ether oxygens (including phenoxy) is 2. The average Bonchev–Trinajstić information content (AvgIpc) is 2.78. The van der Waals surface area contributed by atoms with Crippen molar-refractivity contribution in [3.63, 3.8) is 0 Å². The molecule has 0 bridgehead atoms. The Labute approximate surface area is 207 Å². The molecule has 0 aliphatic heterocycles. The lowest BCUT2D eigenvalue weighted by Crippen LogP contribution is -2.13. The third kappa shape index (κ3) is 7.70. The normalized spacial score (nSPS) is 10.8. The summed E-state index contributed by atoms with van der Waals surface area (Å²) in [6.07, 6.45) is 0.495. The molecule has 3 rings (SSSR count). The molecule has 0 aromatic heterocycles. The van der Waals surface area contributed by atoms with Crippen LogP contribution in [0.25, 0.3) is 0 Å². The van der Waals surface area contributed by atoms with E-state index in [1.54, 1.807) is 0 Å². The van der Waals surface area contributed by atoms with Crippen LogP contribution in [0.5, 0.6) is 11.5 Å². The maximum absolute atomic E-state index is 12.1. The van der Waals surface area contributed by atoms with Gasteiger partial charge in [0.2, 0.25) is 5.91 Å². The zero-order chi connectivity index (χ0) is 24.5. The fourth-order valence-corrected chi connectivity index (χ4v) is 3.75. The molecule has 0 radical (unpaired) electrons. The molecule has 0 atom stereocenters. The number of anilines is 2. The van der Waals surface area contributed by atoms with Gasteiger partial charge < -0.3 is 20.1 Å². The Balaban J connectivity index is 1.67. The highest BCUT2D eigenvalue weighted by atomic mass is 35.5. The molecule has 5 nitrogen and oxygen atoms in total. The van der Waals surface area contributed by atoms with Crippen molar-refractivity contribution in [3.05, 3.63) is 82.4 Å². The minimum Gasteiger partial charge on any atom is -0.490 e. The van der Waals surface area contributed by atoms with Crippen LogP contribution < -0.4 is 20.1 Å². The van der Waals surface area contributed by atoms with E-state index in [1.165, 1.54) is 5.56 Å². The second-order valence-corrected chi connectivity index (χ2v) is 9.10. The van der Waals surface area contributed by atoms with Gasteiger partial charge >= 0.3 is 0 Å². The summed E-state index contributed by atoms with van der Waals surface area (Å²) in [6.45, 7) is 9.50. The van der Waals surface area contributed by atoms with E-state index >= 15 is 0 Å². The summed E-state index contributed by atoms with van der Waals surface area (Å²) in [5.41, 5.74) is 4.90. The van der Waals surface area contributed by atoms with Crippen LogP contribution in [0.15, 0.2) is 60.7 Å². The highest BCUT2D eigenvalue weighted by Gasteiger charge is 2.13. The molecule has 0 aliphatic rings. The Kier molecular flexibility index (Phi) is 9.23. The zero-order valence-corrected chi connectivity index (χ0v) is 21.0. The Morgan fingerprint density at radius 3 is 2.41 bits per heavy atom. The second kappa shape index (κ2) is 12.3. The molecule has 34 heavy (non-hydrogen) atoms. The summed E-state index contributed by atoms with van der Waals surface area (Å²) >= 11 is 6.59. The fourth-order valence-electron chi connectivity index (χ4n) is 3.46. The second-order valence-electron chi connectivity index (χ2n) is 8.69. The first kappa shape index (κ1) is 25.4. The van der Waals surface area contributed by atoms with Gasteiger partial charge in [-0.25, -0.2) is 0 Å². The van der Waals surface area contributed by atoms with E-state index in [-0.39, 0.29) is 5.91 Å². The average molecular weight is 481 g/mol. The predicted octanol–water partition coefficient (Wildman–Crippen LogP) is 7.22. The van der Waals surface area contributed by atoms with E-state index in [1.807, 2.05) is 69.3 Å². The minimum atomic E-state index is 0.0153.